The number of H-pyrrole nitrogens is 1. The molecule has 0 saturated heterocycles. The van der Waals surface area contributed by atoms with E-state index in [1.165, 1.54) is 4.68 Å². The third-order valence-electron chi connectivity index (χ3n) is 2.91. The molecule has 0 aliphatic carbocycles. The molecule has 0 bridgehead atoms. The summed E-state index contributed by atoms with van der Waals surface area (Å²) >= 11 is 0. The van der Waals surface area contributed by atoms with Gasteiger partial charge in [0, 0.05) is 18.6 Å². The summed E-state index contributed by atoms with van der Waals surface area (Å²) in [6.07, 6.45) is 1.64. The lowest BCUT2D eigenvalue weighted by atomic mass is 10.1. The van der Waals surface area contributed by atoms with Gasteiger partial charge in [-0.3, -0.25) is 19.6 Å². The van der Waals surface area contributed by atoms with Crippen molar-refractivity contribution in [3.05, 3.63) is 40.3 Å². The number of rotatable bonds is 0. The number of aromatic amines is 1. The average Bonchev–Trinajstić information content (AvgIpc) is 2.56. The highest BCUT2D eigenvalue weighted by Gasteiger charge is 2.09. The minimum absolute atomic E-state index is 0.0362. The Morgan fingerprint density at radius 3 is 2.94 bits per heavy atom. The molecule has 0 spiro atoms. The molecule has 0 amide bonds. The van der Waals surface area contributed by atoms with Crippen molar-refractivity contribution in [1.29, 1.82) is 0 Å². The van der Waals surface area contributed by atoms with Gasteiger partial charge >= 0.3 is 0 Å². The molecule has 0 radical (unpaired) electrons. The SMILES string of the molecule is Cc1cccc2c1ncc1c(=O)n(C)[nH]c12. The molecule has 0 unspecified atom stereocenters. The Hall–Kier alpha value is -2.10. The number of pyridine rings is 1. The van der Waals surface area contributed by atoms with E-state index in [4.69, 9.17) is 0 Å². The molecule has 1 N–H and O–H groups in total. The number of aryl methyl sites for hydroxylation is 2. The molecule has 0 atom stereocenters. The normalized spacial score (nSPS) is 11.4. The number of aromatic nitrogens is 3. The zero-order valence-electron chi connectivity index (χ0n) is 9.11. The summed E-state index contributed by atoms with van der Waals surface area (Å²) in [4.78, 5) is 16.1. The van der Waals surface area contributed by atoms with Crippen LogP contribution in [0.4, 0.5) is 0 Å². The van der Waals surface area contributed by atoms with Crippen LogP contribution in [0.5, 0.6) is 0 Å². The van der Waals surface area contributed by atoms with Crippen molar-refractivity contribution in [3.63, 3.8) is 0 Å². The number of benzene rings is 1. The molecule has 1 aromatic carbocycles. The monoisotopic (exact) mass is 213 g/mol. The molecular formula is C12H11N3O. The Bertz CT molecular complexity index is 752. The molecule has 2 heterocycles. The van der Waals surface area contributed by atoms with E-state index in [1.807, 2.05) is 25.1 Å². The van der Waals surface area contributed by atoms with E-state index in [-0.39, 0.29) is 5.56 Å². The highest BCUT2D eigenvalue weighted by molar-refractivity contribution is 6.03. The summed E-state index contributed by atoms with van der Waals surface area (Å²) in [5.74, 6) is 0. The predicted octanol–water partition coefficient (Wildman–Crippen LogP) is 1.72. The zero-order chi connectivity index (χ0) is 11.3. The van der Waals surface area contributed by atoms with E-state index in [0.29, 0.717) is 5.39 Å². The minimum Gasteiger partial charge on any atom is -0.294 e. The number of hydrogen-bond donors (Lipinski definition) is 1. The second kappa shape index (κ2) is 2.95. The average molecular weight is 213 g/mol. The fourth-order valence-electron chi connectivity index (χ4n) is 2.05. The van der Waals surface area contributed by atoms with Crippen molar-refractivity contribution in [1.82, 2.24) is 14.8 Å². The van der Waals surface area contributed by atoms with Crippen molar-refractivity contribution in [3.8, 4) is 0 Å². The van der Waals surface area contributed by atoms with Gasteiger partial charge in [-0.15, -0.1) is 0 Å². The maximum Gasteiger partial charge on any atom is 0.275 e. The van der Waals surface area contributed by atoms with Crippen LogP contribution in [-0.2, 0) is 7.05 Å². The third kappa shape index (κ3) is 1.04. The Balaban J connectivity index is 2.65. The zero-order valence-corrected chi connectivity index (χ0v) is 9.11. The van der Waals surface area contributed by atoms with Crippen LogP contribution in [0, 0.1) is 6.92 Å². The molecule has 0 aliphatic rings. The Morgan fingerprint density at radius 2 is 2.12 bits per heavy atom. The van der Waals surface area contributed by atoms with Crippen molar-refractivity contribution < 1.29 is 0 Å². The molecule has 3 rings (SSSR count). The van der Waals surface area contributed by atoms with Gasteiger partial charge in [0.25, 0.3) is 5.56 Å². The topological polar surface area (TPSA) is 50.7 Å². The summed E-state index contributed by atoms with van der Waals surface area (Å²) in [7, 11) is 1.71. The maximum absolute atomic E-state index is 11.7. The van der Waals surface area contributed by atoms with Crippen molar-refractivity contribution in [2.24, 2.45) is 7.05 Å². The summed E-state index contributed by atoms with van der Waals surface area (Å²) in [6, 6.07) is 5.97. The van der Waals surface area contributed by atoms with Crippen LogP contribution < -0.4 is 5.56 Å². The van der Waals surface area contributed by atoms with Gasteiger partial charge in [0.05, 0.1) is 16.4 Å². The maximum atomic E-state index is 11.7. The highest BCUT2D eigenvalue weighted by Crippen LogP contribution is 2.21. The van der Waals surface area contributed by atoms with E-state index in [9.17, 15) is 4.79 Å². The highest BCUT2D eigenvalue weighted by atomic mass is 16.1. The first-order valence-electron chi connectivity index (χ1n) is 5.11. The van der Waals surface area contributed by atoms with Crippen LogP contribution in [-0.4, -0.2) is 14.8 Å². The van der Waals surface area contributed by atoms with Gasteiger partial charge in [-0.05, 0) is 12.5 Å². The van der Waals surface area contributed by atoms with E-state index >= 15 is 0 Å². The van der Waals surface area contributed by atoms with Gasteiger partial charge in [-0.1, -0.05) is 18.2 Å². The summed E-state index contributed by atoms with van der Waals surface area (Å²) in [5, 5.41) is 4.70. The molecule has 4 heteroatoms. The summed E-state index contributed by atoms with van der Waals surface area (Å²) < 4.78 is 1.48. The van der Waals surface area contributed by atoms with E-state index in [0.717, 1.165) is 22.0 Å². The van der Waals surface area contributed by atoms with Crippen LogP contribution in [0.15, 0.2) is 29.2 Å². The van der Waals surface area contributed by atoms with Gasteiger partial charge in [0.1, 0.15) is 0 Å². The van der Waals surface area contributed by atoms with Crippen LogP contribution in [0.2, 0.25) is 0 Å². The fraction of sp³-hybridized carbons (Fsp3) is 0.167. The quantitative estimate of drug-likeness (QED) is 0.618. The van der Waals surface area contributed by atoms with Crippen molar-refractivity contribution >= 4 is 21.8 Å². The molecule has 0 saturated carbocycles. The van der Waals surface area contributed by atoms with Crippen LogP contribution in [0.3, 0.4) is 0 Å². The summed E-state index contributed by atoms with van der Waals surface area (Å²) in [5.41, 5.74) is 2.88. The number of nitrogens with zero attached hydrogens (tertiary/aromatic N) is 2. The second-order valence-electron chi connectivity index (χ2n) is 3.99. The van der Waals surface area contributed by atoms with Gasteiger partial charge in [0.15, 0.2) is 0 Å². The standard InChI is InChI=1S/C12H11N3O/c1-7-4-3-5-8-10(7)13-6-9-11(8)14-15(2)12(9)16/h3-6,14H,1-2H3. The van der Waals surface area contributed by atoms with Crippen LogP contribution in [0.1, 0.15) is 5.56 Å². The molecule has 3 aromatic rings. The van der Waals surface area contributed by atoms with Gasteiger partial charge in [-0.25, -0.2) is 0 Å². The van der Waals surface area contributed by atoms with Gasteiger partial charge in [0.2, 0.25) is 0 Å². The predicted molar refractivity (Wildman–Crippen MR) is 63.6 cm³/mol. The Labute approximate surface area is 91.5 Å². The first kappa shape index (κ1) is 9.15. The molecule has 16 heavy (non-hydrogen) atoms. The number of fused-ring (bicyclic) bond motifs is 3. The lowest BCUT2D eigenvalue weighted by Gasteiger charge is -2.00. The first-order chi connectivity index (χ1) is 7.68. The minimum atomic E-state index is -0.0362. The molecule has 0 fully saturated rings. The van der Waals surface area contributed by atoms with Gasteiger partial charge < -0.3 is 0 Å². The van der Waals surface area contributed by atoms with Crippen molar-refractivity contribution in [2.75, 3.05) is 0 Å². The Kier molecular flexibility index (Phi) is 1.68. The molecule has 2 aromatic heterocycles. The van der Waals surface area contributed by atoms with Gasteiger partial charge in [-0.2, -0.15) is 0 Å². The lowest BCUT2D eigenvalue weighted by Crippen LogP contribution is -2.11. The first-order valence-corrected chi connectivity index (χ1v) is 5.11. The van der Waals surface area contributed by atoms with E-state index in [1.54, 1.807) is 13.2 Å². The third-order valence-corrected chi connectivity index (χ3v) is 2.91. The van der Waals surface area contributed by atoms with Crippen LogP contribution >= 0.6 is 0 Å². The molecule has 0 aliphatic heterocycles. The second-order valence-corrected chi connectivity index (χ2v) is 3.99. The number of para-hydroxylation sites is 1. The van der Waals surface area contributed by atoms with E-state index < -0.39 is 0 Å². The molecule has 4 nitrogen and oxygen atoms in total. The van der Waals surface area contributed by atoms with Crippen LogP contribution in [0.25, 0.3) is 21.8 Å². The molecular weight excluding hydrogens is 202 g/mol. The number of hydrogen-bond acceptors (Lipinski definition) is 2. The molecule has 80 valence electrons. The largest absolute Gasteiger partial charge is 0.294 e. The van der Waals surface area contributed by atoms with E-state index in [2.05, 4.69) is 10.1 Å². The lowest BCUT2D eigenvalue weighted by molar-refractivity contribution is 0.751. The van der Waals surface area contributed by atoms with Crippen molar-refractivity contribution in [2.45, 2.75) is 6.92 Å². The smallest absolute Gasteiger partial charge is 0.275 e. The fourth-order valence-corrected chi connectivity index (χ4v) is 2.05. The summed E-state index contributed by atoms with van der Waals surface area (Å²) in [6.45, 7) is 2.02. The number of nitrogens with one attached hydrogen (secondary N) is 1. The Morgan fingerprint density at radius 1 is 1.31 bits per heavy atom.